The zero-order valence-corrected chi connectivity index (χ0v) is 18.7. The second-order valence-electron chi connectivity index (χ2n) is 8.47. The molecule has 1 spiro atoms. The van der Waals surface area contributed by atoms with Gasteiger partial charge in [-0.25, -0.2) is 4.79 Å². The van der Waals surface area contributed by atoms with Crippen molar-refractivity contribution in [2.75, 3.05) is 33.4 Å². The van der Waals surface area contributed by atoms with Gasteiger partial charge >= 0.3 is 5.97 Å². The first-order valence-corrected chi connectivity index (χ1v) is 10.9. The number of aliphatic hydroxyl groups excluding tert-OH is 1. The minimum absolute atomic E-state index is 0.106. The maximum atomic E-state index is 12.0. The Morgan fingerprint density at radius 2 is 2.03 bits per heavy atom. The lowest BCUT2D eigenvalue weighted by Crippen LogP contribution is -2.49. The highest BCUT2D eigenvalue weighted by molar-refractivity contribution is 6.30. The second kappa shape index (κ2) is 9.07. The normalized spacial score (nSPS) is 18.3. The van der Waals surface area contributed by atoms with E-state index in [1.807, 2.05) is 31.2 Å². The van der Waals surface area contributed by atoms with Crippen LogP contribution in [0.2, 0.25) is 5.02 Å². The van der Waals surface area contributed by atoms with Crippen molar-refractivity contribution in [1.29, 1.82) is 0 Å². The summed E-state index contributed by atoms with van der Waals surface area (Å²) in [6.07, 6.45) is 2.02. The van der Waals surface area contributed by atoms with Gasteiger partial charge in [0.1, 0.15) is 35.4 Å². The van der Waals surface area contributed by atoms with Gasteiger partial charge in [-0.15, -0.1) is 0 Å². The van der Waals surface area contributed by atoms with Crippen molar-refractivity contribution in [3.63, 3.8) is 0 Å². The van der Waals surface area contributed by atoms with E-state index in [9.17, 15) is 9.90 Å². The number of nitrogens with zero attached hydrogens (tertiary/aromatic N) is 1. The van der Waals surface area contributed by atoms with Crippen LogP contribution in [0.4, 0.5) is 0 Å². The molecule has 0 aliphatic carbocycles. The Bertz CT molecular complexity index is 955. The monoisotopic (exact) mass is 445 g/mol. The highest BCUT2D eigenvalue weighted by atomic mass is 35.5. The number of halogens is 1. The van der Waals surface area contributed by atoms with Crippen LogP contribution in [-0.4, -0.2) is 61.0 Å². The van der Waals surface area contributed by atoms with Gasteiger partial charge in [-0.2, -0.15) is 0 Å². The van der Waals surface area contributed by atoms with Crippen LogP contribution >= 0.6 is 11.6 Å². The van der Waals surface area contributed by atoms with Gasteiger partial charge in [0.2, 0.25) is 0 Å². The number of methoxy groups -OCH3 is 1. The van der Waals surface area contributed by atoms with Crippen LogP contribution in [0.1, 0.15) is 34.3 Å². The molecular weight excluding hydrogens is 418 g/mol. The molecule has 31 heavy (non-hydrogen) atoms. The molecule has 1 fully saturated rings. The van der Waals surface area contributed by atoms with Crippen molar-refractivity contribution in [3.8, 4) is 11.5 Å². The van der Waals surface area contributed by atoms with Gasteiger partial charge in [0.05, 0.1) is 7.11 Å². The molecule has 166 valence electrons. The molecule has 0 radical (unpaired) electrons. The third kappa shape index (κ3) is 4.97. The highest BCUT2D eigenvalue weighted by Gasteiger charge is 2.42. The third-order valence-corrected chi connectivity index (χ3v) is 6.30. The van der Waals surface area contributed by atoms with Gasteiger partial charge in [0, 0.05) is 43.9 Å². The molecule has 1 saturated heterocycles. The summed E-state index contributed by atoms with van der Waals surface area (Å²) in [5.74, 6) is 0.907. The summed E-state index contributed by atoms with van der Waals surface area (Å²) in [6, 6.07) is 11.1. The molecule has 1 N–H and O–H groups in total. The van der Waals surface area contributed by atoms with Crippen molar-refractivity contribution in [1.82, 2.24) is 4.90 Å². The number of aryl methyl sites for hydroxylation is 1. The van der Waals surface area contributed by atoms with E-state index in [4.69, 9.17) is 25.8 Å². The number of hydrogen-bond donors (Lipinski definition) is 1. The number of β-amino-alcohol motifs (C(OH)–C–C–N with tert-alkyl or cyclic N) is 1. The number of ether oxygens (including phenoxy) is 3. The first-order valence-electron chi connectivity index (χ1n) is 10.6. The lowest BCUT2D eigenvalue weighted by Gasteiger charge is -2.39. The molecule has 2 aromatic rings. The Morgan fingerprint density at radius 1 is 1.26 bits per heavy atom. The van der Waals surface area contributed by atoms with E-state index >= 15 is 0 Å². The van der Waals surface area contributed by atoms with E-state index in [0.29, 0.717) is 17.9 Å². The molecule has 0 bridgehead atoms. The molecule has 6 nitrogen and oxygen atoms in total. The molecule has 0 amide bonds. The van der Waals surface area contributed by atoms with E-state index in [-0.39, 0.29) is 12.2 Å². The predicted octanol–water partition coefficient (Wildman–Crippen LogP) is 3.64. The average Bonchev–Trinajstić information content (AvgIpc) is 3.11. The predicted molar refractivity (Wildman–Crippen MR) is 118 cm³/mol. The van der Waals surface area contributed by atoms with Crippen LogP contribution in [0.3, 0.4) is 0 Å². The van der Waals surface area contributed by atoms with E-state index in [2.05, 4.69) is 4.90 Å². The van der Waals surface area contributed by atoms with E-state index < -0.39 is 12.1 Å². The molecule has 2 heterocycles. The fourth-order valence-electron chi connectivity index (χ4n) is 4.40. The van der Waals surface area contributed by atoms with Crippen LogP contribution in [0.15, 0.2) is 36.4 Å². The van der Waals surface area contributed by atoms with Gasteiger partial charge in [-0.05, 0) is 42.8 Å². The number of benzene rings is 2. The summed E-state index contributed by atoms with van der Waals surface area (Å²) in [5, 5.41) is 11.2. The summed E-state index contributed by atoms with van der Waals surface area (Å²) in [4.78, 5) is 14.2. The summed E-state index contributed by atoms with van der Waals surface area (Å²) >= 11 is 6.12. The second-order valence-corrected chi connectivity index (χ2v) is 8.91. The summed E-state index contributed by atoms with van der Waals surface area (Å²) in [6.45, 7) is 4.20. The molecule has 0 unspecified atom stereocenters. The van der Waals surface area contributed by atoms with E-state index in [1.165, 1.54) is 12.7 Å². The first kappa shape index (κ1) is 21.9. The largest absolute Gasteiger partial charge is 0.490 e. The molecule has 2 aromatic carbocycles. The Morgan fingerprint density at radius 3 is 2.77 bits per heavy atom. The number of piperidine rings is 1. The van der Waals surface area contributed by atoms with Crippen LogP contribution < -0.4 is 9.47 Å². The van der Waals surface area contributed by atoms with Crippen molar-refractivity contribution in [2.24, 2.45) is 0 Å². The standard InChI is InChI=1S/C24H28ClNO5/c1-16-3-5-22(20(11-16)23(28)29-2)30-15-19(27)14-26-9-7-24(8-10-26)13-17-12-18(25)4-6-21(17)31-24/h3-6,11-12,19,27H,7-10,13-15H2,1-2H3/t19-/m0/s1. The Labute approximate surface area is 187 Å². The summed E-state index contributed by atoms with van der Waals surface area (Å²) in [7, 11) is 1.34. The molecule has 2 aliphatic rings. The highest BCUT2D eigenvalue weighted by Crippen LogP contribution is 2.41. The quantitative estimate of drug-likeness (QED) is 0.684. The van der Waals surface area contributed by atoms with Crippen molar-refractivity contribution in [2.45, 2.75) is 37.9 Å². The molecule has 0 saturated carbocycles. The Hall–Kier alpha value is -2.28. The zero-order chi connectivity index (χ0) is 22.0. The summed E-state index contributed by atoms with van der Waals surface area (Å²) in [5.41, 5.74) is 2.32. The Kier molecular flexibility index (Phi) is 6.42. The number of rotatable bonds is 6. The molecule has 1 atom stereocenters. The number of fused-ring (bicyclic) bond motifs is 1. The van der Waals surface area contributed by atoms with Crippen LogP contribution in [0.5, 0.6) is 11.5 Å². The van der Waals surface area contributed by atoms with Crippen molar-refractivity contribution in [3.05, 3.63) is 58.1 Å². The molecule has 2 aliphatic heterocycles. The lowest BCUT2D eigenvalue weighted by molar-refractivity contribution is -0.00204. The van der Waals surface area contributed by atoms with Crippen LogP contribution in [0.25, 0.3) is 0 Å². The summed E-state index contributed by atoms with van der Waals surface area (Å²) < 4.78 is 16.9. The van der Waals surface area contributed by atoms with Gasteiger partial charge < -0.3 is 24.2 Å². The fourth-order valence-corrected chi connectivity index (χ4v) is 4.59. The van der Waals surface area contributed by atoms with Crippen molar-refractivity contribution < 1.29 is 24.1 Å². The minimum atomic E-state index is -0.665. The van der Waals surface area contributed by atoms with Gasteiger partial charge in [-0.1, -0.05) is 23.2 Å². The maximum Gasteiger partial charge on any atom is 0.341 e. The molecular formula is C24H28ClNO5. The van der Waals surface area contributed by atoms with Crippen LogP contribution in [-0.2, 0) is 11.2 Å². The smallest absolute Gasteiger partial charge is 0.341 e. The lowest BCUT2D eigenvalue weighted by atomic mass is 9.87. The molecule has 0 aromatic heterocycles. The first-order chi connectivity index (χ1) is 14.9. The fraction of sp³-hybridized carbons (Fsp3) is 0.458. The third-order valence-electron chi connectivity index (χ3n) is 6.07. The van der Waals surface area contributed by atoms with Crippen LogP contribution in [0, 0.1) is 6.92 Å². The van der Waals surface area contributed by atoms with Gasteiger partial charge in [0.15, 0.2) is 0 Å². The average molecular weight is 446 g/mol. The topological polar surface area (TPSA) is 68.2 Å². The SMILES string of the molecule is COC(=O)c1cc(C)ccc1OC[C@@H](O)CN1CCC2(CC1)Cc1cc(Cl)ccc1O2. The maximum absolute atomic E-state index is 12.0. The molecule has 4 rings (SSSR count). The number of carbonyl (C=O) groups is 1. The Balaban J connectivity index is 1.28. The zero-order valence-electron chi connectivity index (χ0n) is 17.9. The number of esters is 1. The van der Waals surface area contributed by atoms with E-state index in [1.54, 1.807) is 12.1 Å². The number of carbonyl (C=O) groups excluding carboxylic acids is 1. The number of aliphatic hydroxyl groups is 1. The number of hydrogen-bond acceptors (Lipinski definition) is 6. The van der Waals surface area contributed by atoms with Crippen molar-refractivity contribution >= 4 is 17.6 Å². The van der Waals surface area contributed by atoms with E-state index in [0.717, 1.165) is 48.7 Å². The molecule has 7 heteroatoms. The van der Waals surface area contributed by atoms with Gasteiger partial charge in [0.25, 0.3) is 0 Å². The minimum Gasteiger partial charge on any atom is -0.490 e. The van der Waals surface area contributed by atoms with Gasteiger partial charge in [-0.3, -0.25) is 0 Å². The number of likely N-dealkylation sites (tertiary alicyclic amines) is 1.